The summed E-state index contributed by atoms with van der Waals surface area (Å²) in [4.78, 5) is 24.8. The number of carboxylic acids is 1. The molecule has 5 nitrogen and oxygen atoms in total. The number of hydrogen-bond donors (Lipinski definition) is 2. The molecule has 1 heterocycles. The van der Waals surface area contributed by atoms with E-state index in [0.717, 1.165) is 6.08 Å². The first kappa shape index (κ1) is 17.8. The van der Waals surface area contributed by atoms with Crippen LogP contribution in [-0.4, -0.2) is 29.7 Å². The molecule has 0 aromatic heterocycles. The molecule has 2 aliphatic rings. The number of rotatable bonds is 2. The Labute approximate surface area is 147 Å². The van der Waals surface area contributed by atoms with Gasteiger partial charge in [-0.1, -0.05) is 11.6 Å². The third-order valence-electron chi connectivity index (χ3n) is 4.18. The molecular formula is C18H15F3N2O3. The minimum atomic E-state index is -4.49. The summed E-state index contributed by atoms with van der Waals surface area (Å²) in [5, 5.41) is 11.6. The number of carbonyl (C=O) groups excluding carboxylic acids is 1. The summed E-state index contributed by atoms with van der Waals surface area (Å²) in [5.74, 6) is -1.59. The molecule has 3 rings (SSSR count). The molecule has 0 saturated carbocycles. The first-order valence-electron chi connectivity index (χ1n) is 7.74. The molecule has 26 heavy (non-hydrogen) atoms. The molecule has 2 N–H and O–H groups in total. The quantitative estimate of drug-likeness (QED) is 0.844. The summed E-state index contributed by atoms with van der Waals surface area (Å²) in [6, 6.07) is 6.02. The number of amides is 1. The lowest BCUT2D eigenvalue weighted by Gasteiger charge is -2.22. The number of nitrogens with zero attached hydrogens (tertiary/aromatic N) is 1. The second-order valence-electron chi connectivity index (χ2n) is 6.11. The first-order chi connectivity index (χ1) is 12.1. The van der Waals surface area contributed by atoms with Gasteiger partial charge in [-0.25, -0.2) is 4.79 Å². The lowest BCUT2D eigenvalue weighted by molar-refractivity contribution is -0.119. The van der Waals surface area contributed by atoms with E-state index in [-0.39, 0.29) is 29.8 Å². The molecule has 0 bridgehead atoms. The molecule has 0 atom stereocenters. The summed E-state index contributed by atoms with van der Waals surface area (Å²) in [6.45, 7) is 1.27. The van der Waals surface area contributed by atoms with Gasteiger partial charge in [0.25, 0.3) is 0 Å². The van der Waals surface area contributed by atoms with Gasteiger partial charge < -0.3 is 15.3 Å². The number of alkyl halides is 3. The molecule has 1 aliphatic carbocycles. The number of aromatic carboxylic acids is 1. The van der Waals surface area contributed by atoms with Crippen molar-refractivity contribution in [1.82, 2.24) is 5.32 Å². The number of hydrogen-bond acceptors (Lipinski definition) is 3. The van der Waals surface area contributed by atoms with Crippen LogP contribution in [-0.2, 0) is 4.79 Å². The van der Waals surface area contributed by atoms with Crippen molar-refractivity contribution in [3.63, 3.8) is 0 Å². The highest BCUT2D eigenvalue weighted by Gasteiger charge is 2.37. The van der Waals surface area contributed by atoms with Crippen molar-refractivity contribution in [3.05, 3.63) is 64.5 Å². The second-order valence-corrected chi connectivity index (χ2v) is 6.11. The van der Waals surface area contributed by atoms with Crippen LogP contribution in [0.25, 0.3) is 0 Å². The second kappa shape index (κ2) is 6.36. The SMILES string of the molecule is CC1=C(C(F)(F)F)C=C2NC(=O)CN(c3cccc(C(=O)O)c3)C=C2C1. The fourth-order valence-corrected chi connectivity index (χ4v) is 2.95. The zero-order chi connectivity index (χ0) is 19.1. The molecule has 0 radical (unpaired) electrons. The van der Waals surface area contributed by atoms with Gasteiger partial charge in [0.15, 0.2) is 0 Å². The van der Waals surface area contributed by atoms with Crippen molar-refractivity contribution < 1.29 is 27.9 Å². The van der Waals surface area contributed by atoms with Crippen molar-refractivity contribution in [1.29, 1.82) is 0 Å². The fraction of sp³-hybridized carbons (Fsp3) is 0.222. The third kappa shape index (κ3) is 3.49. The Morgan fingerprint density at radius 2 is 2.04 bits per heavy atom. The van der Waals surface area contributed by atoms with E-state index in [2.05, 4.69) is 5.32 Å². The number of fused-ring (bicyclic) bond motifs is 1. The number of halogens is 3. The zero-order valence-electron chi connectivity index (χ0n) is 13.7. The standard InChI is InChI=1S/C18H15F3N2O3/c1-10-5-12-8-23(13-4-2-3-11(6-13)17(25)26)9-16(24)22-15(12)7-14(10)18(19,20)21/h2-4,6-8H,5,9H2,1H3,(H,22,24)(H,25,26). The van der Waals surface area contributed by atoms with Gasteiger partial charge >= 0.3 is 12.1 Å². The maximum Gasteiger partial charge on any atom is 0.416 e. The van der Waals surface area contributed by atoms with Crippen molar-refractivity contribution in [2.45, 2.75) is 19.5 Å². The topological polar surface area (TPSA) is 69.6 Å². The molecular weight excluding hydrogens is 349 g/mol. The van der Waals surface area contributed by atoms with Gasteiger partial charge in [0, 0.05) is 17.6 Å². The molecule has 0 saturated heterocycles. The highest BCUT2D eigenvalue weighted by molar-refractivity contribution is 5.90. The summed E-state index contributed by atoms with van der Waals surface area (Å²) in [7, 11) is 0. The van der Waals surface area contributed by atoms with Gasteiger partial charge in [0.05, 0.1) is 11.1 Å². The largest absolute Gasteiger partial charge is 0.478 e. The van der Waals surface area contributed by atoms with Crippen molar-refractivity contribution in [2.75, 3.05) is 11.4 Å². The van der Waals surface area contributed by atoms with Crippen LogP contribution >= 0.6 is 0 Å². The molecule has 1 aromatic carbocycles. The van der Waals surface area contributed by atoms with Crippen LogP contribution in [0.5, 0.6) is 0 Å². The molecule has 136 valence electrons. The molecule has 0 unspecified atom stereocenters. The monoisotopic (exact) mass is 364 g/mol. The van der Waals surface area contributed by atoms with E-state index in [1.54, 1.807) is 18.3 Å². The van der Waals surface area contributed by atoms with E-state index >= 15 is 0 Å². The summed E-state index contributed by atoms with van der Waals surface area (Å²) in [6.07, 6.45) is -1.92. The van der Waals surface area contributed by atoms with E-state index in [4.69, 9.17) is 5.11 Å². The number of allylic oxidation sites excluding steroid dienone is 4. The molecule has 1 aromatic rings. The number of carbonyl (C=O) groups is 2. The van der Waals surface area contributed by atoms with Crippen molar-refractivity contribution >= 4 is 17.6 Å². The molecule has 0 spiro atoms. The maximum absolute atomic E-state index is 13.1. The Kier molecular flexibility index (Phi) is 4.35. The number of benzene rings is 1. The Bertz CT molecular complexity index is 882. The Balaban J connectivity index is 2.02. The molecule has 1 aliphatic heterocycles. The average Bonchev–Trinajstić information content (AvgIpc) is 2.71. The maximum atomic E-state index is 13.1. The van der Waals surface area contributed by atoms with Crippen LogP contribution in [0.4, 0.5) is 18.9 Å². The lowest BCUT2D eigenvalue weighted by Crippen LogP contribution is -2.32. The molecule has 8 heteroatoms. The Morgan fingerprint density at radius 3 is 2.69 bits per heavy atom. The minimum absolute atomic E-state index is 0.0378. The van der Waals surface area contributed by atoms with Gasteiger partial charge in [-0.3, -0.25) is 4.79 Å². The van der Waals surface area contributed by atoms with E-state index in [0.29, 0.717) is 11.3 Å². The lowest BCUT2D eigenvalue weighted by atomic mass is 9.92. The van der Waals surface area contributed by atoms with Crippen LogP contribution < -0.4 is 10.2 Å². The highest BCUT2D eigenvalue weighted by Crippen LogP contribution is 2.38. The fourth-order valence-electron chi connectivity index (χ4n) is 2.95. The van der Waals surface area contributed by atoms with Crippen LogP contribution in [0.1, 0.15) is 23.7 Å². The van der Waals surface area contributed by atoms with Gasteiger partial charge in [0.1, 0.15) is 6.54 Å². The van der Waals surface area contributed by atoms with E-state index < -0.39 is 23.6 Å². The van der Waals surface area contributed by atoms with Crippen molar-refractivity contribution in [2.24, 2.45) is 0 Å². The predicted molar refractivity (Wildman–Crippen MR) is 88.4 cm³/mol. The van der Waals surface area contributed by atoms with E-state index in [1.165, 1.54) is 24.0 Å². The van der Waals surface area contributed by atoms with Crippen LogP contribution in [0.2, 0.25) is 0 Å². The zero-order valence-corrected chi connectivity index (χ0v) is 13.7. The Morgan fingerprint density at radius 1 is 1.31 bits per heavy atom. The average molecular weight is 364 g/mol. The Hall–Kier alpha value is -3.03. The number of carboxylic acid groups (broad SMARTS) is 1. The number of anilines is 1. The van der Waals surface area contributed by atoms with Crippen LogP contribution in [0.15, 0.2) is 59.0 Å². The molecule has 1 amide bonds. The van der Waals surface area contributed by atoms with Crippen molar-refractivity contribution in [3.8, 4) is 0 Å². The summed E-state index contributed by atoms with van der Waals surface area (Å²) < 4.78 is 39.3. The van der Waals surface area contributed by atoms with Gasteiger partial charge in [-0.15, -0.1) is 0 Å². The van der Waals surface area contributed by atoms with Crippen LogP contribution in [0, 0.1) is 0 Å². The van der Waals surface area contributed by atoms with Gasteiger partial charge in [0.2, 0.25) is 5.91 Å². The summed E-state index contributed by atoms with van der Waals surface area (Å²) in [5.41, 5.74) is 0.568. The number of nitrogens with one attached hydrogen (secondary N) is 1. The predicted octanol–water partition coefficient (Wildman–Crippen LogP) is 3.37. The van der Waals surface area contributed by atoms with Crippen LogP contribution in [0.3, 0.4) is 0 Å². The molecule has 0 fully saturated rings. The normalized spacial score (nSPS) is 17.8. The third-order valence-corrected chi connectivity index (χ3v) is 4.18. The smallest absolute Gasteiger partial charge is 0.416 e. The summed E-state index contributed by atoms with van der Waals surface area (Å²) >= 11 is 0. The van der Waals surface area contributed by atoms with Gasteiger partial charge in [-0.05, 0) is 43.2 Å². The minimum Gasteiger partial charge on any atom is -0.478 e. The van der Waals surface area contributed by atoms with E-state index in [9.17, 15) is 22.8 Å². The highest BCUT2D eigenvalue weighted by atomic mass is 19.4. The van der Waals surface area contributed by atoms with E-state index in [1.807, 2.05) is 0 Å². The first-order valence-corrected chi connectivity index (χ1v) is 7.74. The van der Waals surface area contributed by atoms with Gasteiger partial charge in [-0.2, -0.15) is 13.2 Å².